The average Bonchev–Trinajstić information content (AvgIpc) is 2.70. The molecule has 1 aromatic carbocycles. The van der Waals surface area contributed by atoms with Crippen molar-refractivity contribution in [3.05, 3.63) is 30.1 Å². The van der Waals surface area contributed by atoms with Gasteiger partial charge in [-0.05, 0) is 38.0 Å². The minimum Gasteiger partial charge on any atom is -0.328 e. The molecule has 0 radical (unpaired) electrons. The zero-order valence-corrected chi connectivity index (χ0v) is 12.2. The molecular weight excluding hydrogens is 262 g/mol. The number of nitrogens with zero attached hydrogens (tertiary/aromatic N) is 2. The normalized spacial score (nSPS) is 12.4. The van der Waals surface area contributed by atoms with E-state index < -0.39 is 10.0 Å². The molecule has 5 nitrogen and oxygen atoms in total. The van der Waals surface area contributed by atoms with E-state index in [9.17, 15) is 8.42 Å². The number of benzene rings is 1. The molecule has 0 atom stereocenters. The summed E-state index contributed by atoms with van der Waals surface area (Å²) in [5, 5.41) is 0. The van der Waals surface area contributed by atoms with Gasteiger partial charge in [0.2, 0.25) is 10.0 Å². The molecule has 6 heteroatoms. The van der Waals surface area contributed by atoms with E-state index in [4.69, 9.17) is 0 Å². The summed E-state index contributed by atoms with van der Waals surface area (Å²) in [4.78, 5) is 4.38. The summed E-state index contributed by atoms with van der Waals surface area (Å²) in [6, 6.07) is 6.45. The van der Waals surface area contributed by atoms with Crippen molar-refractivity contribution < 1.29 is 8.42 Å². The number of fused-ring (bicyclic) bond motifs is 1. The Balaban J connectivity index is 2.14. The van der Waals surface area contributed by atoms with Crippen molar-refractivity contribution >= 4 is 21.1 Å². The van der Waals surface area contributed by atoms with Crippen molar-refractivity contribution in [3.63, 3.8) is 0 Å². The highest BCUT2D eigenvalue weighted by Gasteiger charge is 2.06. The monoisotopic (exact) mass is 281 g/mol. The van der Waals surface area contributed by atoms with Crippen molar-refractivity contribution in [1.82, 2.24) is 14.3 Å². The first-order valence-electron chi connectivity index (χ1n) is 6.27. The van der Waals surface area contributed by atoms with Crippen LogP contribution >= 0.6 is 0 Å². The molecule has 0 unspecified atom stereocenters. The van der Waals surface area contributed by atoms with Gasteiger partial charge in [-0.3, -0.25) is 0 Å². The third kappa shape index (κ3) is 3.54. The van der Waals surface area contributed by atoms with Gasteiger partial charge in [-0.1, -0.05) is 6.07 Å². The molecule has 0 fully saturated rings. The summed E-state index contributed by atoms with van der Waals surface area (Å²) in [5.74, 6) is 0. The summed E-state index contributed by atoms with van der Waals surface area (Å²) in [6.45, 7) is 4.64. The molecule has 0 spiro atoms. The molecule has 1 heterocycles. The van der Waals surface area contributed by atoms with Crippen LogP contribution in [-0.4, -0.2) is 30.8 Å². The summed E-state index contributed by atoms with van der Waals surface area (Å²) in [7, 11) is -3.11. The SMILES string of the molecule is CC(C)n1cnc2cc(CCNS(C)(=O)=O)ccc21. The molecule has 0 aliphatic carbocycles. The molecule has 0 saturated heterocycles. The van der Waals surface area contributed by atoms with Crippen molar-refractivity contribution in [3.8, 4) is 0 Å². The van der Waals surface area contributed by atoms with Crippen LogP contribution in [0.15, 0.2) is 24.5 Å². The van der Waals surface area contributed by atoms with Crippen LogP contribution in [0.25, 0.3) is 11.0 Å². The summed E-state index contributed by atoms with van der Waals surface area (Å²) in [5.41, 5.74) is 3.14. The van der Waals surface area contributed by atoms with Crippen molar-refractivity contribution in [2.45, 2.75) is 26.3 Å². The van der Waals surface area contributed by atoms with Gasteiger partial charge >= 0.3 is 0 Å². The van der Waals surface area contributed by atoms with E-state index in [1.807, 2.05) is 24.5 Å². The van der Waals surface area contributed by atoms with Gasteiger partial charge in [-0.2, -0.15) is 0 Å². The van der Waals surface area contributed by atoms with E-state index in [0.29, 0.717) is 19.0 Å². The highest BCUT2D eigenvalue weighted by atomic mass is 32.2. The van der Waals surface area contributed by atoms with Crippen LogP contribution in [0.2, 0.25) is 0 Å². The molecule has 0 amide bonds. The van der Waals surface area contributed by atoms with E-state index in [2.05, 4.69) is 28.1 Å². The second-order valence-corrected chi connectivity index (χ2v) is 6.82. The smallest absolute Gasteiger partial charge is 0.208 e. The number of imidazole rings is 1. The van der Waals surface area contributed by atoms with Gasteiger partial charge in [0.05, 0.1) is 23.6 Å². The molecule has 1 N–H and O–H groups in total. The number of hydrogen-bond donors (Lipinski definition) is 1. The first-order valence-corrected chi connectivity index (χ1v) is 8.16. The lowest BCUT2D eigenvalue weighted by atomic mass is 10.1. The predicted molar refractivity (Wildman–Crippen MR) is 76.7 cm³/mol. The largest absolute Gasteiger partial charge is 0.328 e. The third-order valence-electron chi connectivity index (χ3n) is 2.97. The Morgan fingerprint density at radius 2 is 2.11 bits per heavy atom. The Hall–Kier alpha value is -1.40. The van der Waals surface area contributed by atoms with E-state index in [1.165, 1.54) is 6.26 Å². The van der Waals surface area contributed by atoms with Gasteiger partial charge in [-0.15, -0.1) is 0 Å². The number of sulfonamides is 1. The summed E-state index contributed by atoms with van der Waals surface area (Å²) >= 11 is 0. The Morgan fingerprint density at radius 3 is 2.74 bits per heavy atom. The molecule has 0 aliphatic heterocycles. The van der Waals surface area contributed by atoms with Crippen LogP contribution in [0.5, 0.6) is 0 Å². The van der Waals surface area contributed by atoms with E-state index >= 15 is 0 Å². The van der Waals surface area contributed by atoms with Crippen LogP contribution in [0, 0.1) is 0 Å². The Labute approximate surface area is 113 Å². The lowest BCUT2D eigenvalue weighted by Gasteiger charge is -2.08. The Morgan fingerprint density at radius 1 is 1.37 bits per heavy atom. The topological polar surface area (TPSA) is 64.0 Å². The average molecular weight is 281 g/mol. The minimum absolute atomic E-state index is 0.378. The van der Waals surface area contributed by atoms with Gasteiger partial charge in [0.15, 0.2) is 0 Å². The molecule has 1 aromatic heterocycles. The lowest BCUT2D eigenvalue weighted by Crippen LogP contribution is -2.24. The maximum Gasteiger partial charge on any atom is 0.208 e. The van der Waals surface area contributed by atoms with Crippen LogP contribution in [0.1, 0.15) is 25.5 Å². The molecular formula is C13H19N3O2S. The van der Waals surface area contributed by atoms with Crippen LogP contribution in [0.4, 0.5) is 0 Å². The van der Waals surface area contributed by atoms with Crippen LogP contribution in [-0.2, 0) is 16.4 Å². The molecule has 19 heavy (non-hydrogen) atoms. The Kier molecular flexibility index (Phi) is 3.91. The number of rotatable bonds is 5. The quantitative estimate of drug-likeness (QED) is 0.907. The van der Waals surface area contributed by atoms with Crippen molar-refractivity contribution in [2.24, 2.45) is 0 Å². The van der Waals surface area contributed by atoms with E-state index in [-0.39, 0.29) is 0 Å². The number of aromatic nitrogens is 2. The van der Waals surface area contributed by atoms with Gasteiger partial charge in [-0.25, -0.2) is 18.1 Å². The van der Waals surface area contributed by atoms with E-state index in [1.54, 1.807) is 0 Å². The first-order chi connectivity index (χ1) is 8.87. The molecule has 104 valence electrons. The summed E-state index contributed by atoms with van der Waals surface area (Å²) < 4.78 is 26.6. The third-order valence-corrected chi connectivity index (χ3v) is 3.70. The van der Waals surface area contributed by atoms with E-state index in [0.717, 1.165) is 16.6 Å². The highest BCUT2D eigenvalue weighted by Crippen LogP contribution is 2.18. The van der Waals surface area contributed by atoms with Crippen molar-refractivity contribution in [2.75, 3.05) is 12.8 Å². The van der Waals surface area contributed by atoms with Gasteiger partial charge in [0.1, 0.15) is 0 Å². The van der Waals surface area contributed by atoms with Crippen LogP contribution in [0.3, 0.4) is 0 Å². The minimum atomic E-state index is -3.11. The fourth-order valence-corrected chi connectivity index (χ4v) is 2.50. The standard InChI is InChI=1S/C13H19N3O2S/c1-10(2)16-9-14-12-8-11(4-5-13(12)16)6-7-15-19(3,17)18/h4-5,8-10,15H,6-7H2,1-3H3. The van der Waals surface area contributed by atoms with Gasteiger partial charge in [0, 0.05) is 12.6 Å². The van der Waals surface area contributed by atoms with Crippen molar-refractivity contribution in [1.29, 1.82) is 0 Å². The first kappa shape index (κ1) is 14.0. The second kappa shape index (κ2) is 5.30. The van der Waals surface area contributed by atoms with Gasteiger partial charge < -0.3 is 4.57 Å². The number of nitrogens with one attached hydrogen (secondary N) is 1. The summed E-state index contributed by atoms with van der Waals surface area (Å²) in [6.07, 6.45) is 3.67. The molecule has 0 saturated carbocycles. The maximum absolute atomic E-state index is 11.0. The van der Waals surface area contributed by atoms with Crippen LogP contribution < -0.4 is 4.72 Å². The molecule has 2 rings (SSSR count). The fraction of sp³-hybridized carbons (Fsp3) is 0.462. The fourth-order valence-electron chi connectivity index (χ4n) is 2.03. The molecule has 0 aliphatic rings. The number of hydrogen-bond acceptors (Lipinski definition) is 3. The second-order valence-electron chi connectivity index (χ2n) is 4.99. The maximum atomic E-state index is 11.0. The predicted octanol–water partition coefficient (Wildman–Crippen LogP) is 1.71. The lowest BCUT2D eigenvalue weighted by molar-refractivity contribution is 0.588. The molecule has 2 aromatic rings. The molecule has 0 bridgehead atoms. The van der Waals surface area contributed by atoms with Gasteiger partial charge in [0.25, 0.3) is 0 Å². The Bertz CT molecular complexity index is 674. The zero-order valence-electron chi connectivity index (χ0n) is 11.4. The highest BCUT2D eigenvalue weighted by molar-refractivity contribution is 7.88. The zero-order chi connectivity index (χ0) is 14.0.